The number of hydrogen-bond donors (Lipinski definition) is 0. The number of fused-ring (bicyclic) bond motifs is 1. The van der Waals surface area contributed by atoms with Crippen LogP contribution in [-0.2, 0) is 0 Å². The summed E-state index contributed by atoms with van der Waals surface area (Å²) in [6, 6.07) is 23.5. The van der Waals surface area contributed by atoms with Crippen LogP contribution in [0.4, 0.5) is 5.69 Å². The highest BCUT2D eigenvalue weighted by molar-refractivity contribution is 6.09. The van der Waals surface area contributed by atoms with Crippen LogP contribution in [0.3, 0.4) is 0 Å². The number of nitrogens with zero attached hydrogens (tertiary/aromatic N) is 3. The number of carbonyl (C=O) groups is 1. The molecule has 3 aromatic carbocycles. The van der Waals surface area contributed by atoms with Gasteiger partial charge in [0.1, 0.15) is 11.5 Å². The van der Waals surface area contributed by atoms with Gasteiger partial charge >= 0.3 is 0 Å². The Morgan fingerprint density at radius 2 is 1.65 bits per heavy atom. The molecule has 0 radical (unpaired) electrons. The Kier molecular flexibility index (Phi) is 6.79. The Labute approximate surface area is 201 Å². The number of piperazine rings is 1. The fourth-order valence-corrected chi connectivity index (χ4v) is 4.43. The number of likely N-dealkylation sites (N-methyl/N-ethyl adjacent to an activating group) is 1. The van der Waals surface area contributed by atoms with Crippen LogP contribution in [0.1, 0.15) is 16.8 Å². The predicted octanol–water partition coefficient (Wildman–Crippen LogP) is 4.37. The Hall–Kier alpha value is -3.35. The molecule has 2 heterocycles. The fraction of sp³-hybridized carbons (Fsp3) is 0.321. The van der Waals surface area contributed by atoms with Crippen molar-refractivity contribution in [1.29, 1.82) is 0 Å². The van der Waals surface area contributed by atoms with Crippen LogP contribution in [0.5, 0.6) is 11.5 Å². The second-order valence-corrected chi connectivity index (χ2v) is 8.92. The van der Waals surface area contributed by atoms with Gasteiger partial charge in [-0.1, -0.05) is 36.4 Å². The lowest BCUT2D eigenvalue weighted by Gasteiger charge is -2.32. The number of amides is 1. The van der Waals surface area contributed by atoms with Gasteiger partial charge in [0.25, 0.3) is 5.91 Å². The molecule has 6 heteroatoms. The predicted molar refractivity (Wildman–Crippen MR) is 135 cm³/mol. The number of benzene rings is 3. The van der Waals surface area contributed by atoms with Gasteiger partial charge in [0.05, 0.1) is 12.2 Å². The van der Waals surface area contributed by atoms with Crippen molar-refractivity contribution in [3.8, 4) is 22.6 Å². The van der Waals surface area contributed by atoms with Crippen molar-refractivity contribution >= 4 is 11.6 Å². The Bertz CT molecular complexity index is 1110. The second kappa shape index (κ2) is 10.3. The zero-order valence-corrected chi connectivity index (χ0v) is 19.7. The summed E-state index contributed by atoms with van der Waals surface area (Å²) in [5.74, 6) is 1.39. The summed E-state index contributed by atoms with van der Waals surface area (Å²) < 4.78 is 11.9. The minimum atomic E-state index is -0.0540. The highest BCUT2D eigenvalue weighted by Gasteiger charge is 2.27. The summed E-state index contributed by atoms with van der Waals surface area (Å²) in [5, 5.41) is 0. The maximum absolute atomic E-state index is 13.1. The summed E-state index contributed by atoms with van der Waals surface area (Å²) in [4.78, 5) is 19.7. The summed E-state index contributed by atoms with van der Waals surface area (Å²) in [6.45, 7) is 6.49. The molecule has 0 bridgehead atoms. The van der Waals surface area contributed by atoms with Crippen LogP contribution in [-0.4, -0.2) is 68.8 Å². The molecule has 2 aliphatic rings. The molecular formula is C28H31N3O3. The molecule has 5 rings (SSSR count). The molecule has 0 spiro atoms. The molecule has 1 saturated heterocycles. The third kappa shape index (κ3) is 5.08. The molecule has 0 unspecified atom stereocenters. The summed E-state index contributed by atoms with van der Waals surface area (Å²) >= 11 is 0. The number of carbonyl (C=O) groups excluding carboxylic acids is 1. The topological polar surface area (TPSA) is 45.2 Å². The van der Waals surface area contributed by atoms with Crippen LogP contribution in [0.25, 0.3) is 11.1 Å². The molecule has 176 valence electrons. The number of rotatable bonds is 7. The Morgan fingerprint density at radius 3 is 2.41 bits per heavy atom. The van der Waals surface area contributed by atoms with Gasteiger partial charge in [-0.3, -0.25) is 9.69 Å². The van der Waals surface area contributed by atoms with Crippen molar-refractivity contribution in [2.45, 2.75) is 6.42 Å². The monoisotopic (exact) mass is 457 g/mol. The van der Waals surface area contributed by atoms with E-state index in [1.54, 1.807) is 4.90 Å². The van der Waals surface area contributed by atoms with Crippen LogP contribution < -0.4 is 14.4 Å². The van der Waals surface area contributed by atoms with Gasteiger partial charge in [0.15, 0.2) is 6.73 Å². The van der Waals surface area contributed by atoms with E-state index in [-0.39, 0.29) is 12.6 Å². The van der Waals surface area contributed by atoms with E-state index in [4.69, 9.17) is 9.47 Å². The molecule has 34 heavy (non-hydrogen) atoms. The molecule has 2 aliphatic heterocycles. The van der Waals surface area contributed by atoms with Crippen LogP contribution in [0.2, 0.25) is 0 Å². The van der Waals surface area contributed by atoms with Crippen molar-refractivity contribution in [3.05, 3.63) is 78.4 Å². The van der Waals surface area contributed by atoms with Crippen molar-refractivity contribution in [2.75, 3.05) is 58.0 Å². The third-order valence-corrected chi connectivity index (χ3v) is 6.55. The standard InChI is InChI=1S/C28H31N3O3/c1-29-15-17-30(18-16-29)14-5-19-33-25-11-9-24(10-12-25)31-21-34-27-20-23(8-13-26(27)28(31)32)22-6-3-2-4-7-22/h2-4,6-13,20H,5,14-19,21H2,1H3. The van der Waals surface area contributed by atoms with Gasteiger partial charge in [-0.05, 0) is 61.0 Å². The first-order valence-electron chi connectivity index (χ1n) is 12.0. The van der Waals surface area contributed by atoms with Crippen molar-refractivity contribution in [1.82, 2.24) is 9.80 Å². The van der Waals surface area contributed by atoms with Crippen molar-refractivity contribution in [2.24, 2.45) is 0 Å². The lowest BCUT2D eigenvalue weighted by atomic mass is 10.0. The van der Waals surface area contributed by atoms with Crippen LogP contribution in [0, 0.1) is 0 Å². The number of hydrogen-bond acceptors (Lipinski definition) is 5. The smallest absolute Gasteiger partial charge is 0.264 e. The first kappa shape index (κ1) is 22.4. The van der Waals surface area contributed by atoms with E-state index >= 15 is 0 Å². The molecule has 1 amide bonds. The molecule has 3 aromatic rings. The molecule has 6 nitrogen and oxygen atoms in total. The van der Waals surface area contributed by atoms with E-state index in [1.165, 1.54) is 0 Å². The zero-order chi connectivity index (χ0) is 23.3. The fourth-order valence-electron chi connectivity index (χ4n) is 4.43. The van der Waals surface area contributed by atoms with Crippen molar-refractivity contribution in [3.63, 3.8) is 0 Å². The van der Waals surface area contributed by atoms with Gasteiger partial charge in [-0.2, -0.15) is 0 Å². The van der Waals surface area contributed by atoms with E-state index in [9.17, 15) is 4.79 Å². The molecule has 0 aliphatic carbocycles. The first-order chi connectivity index (χ1) is 16.7. The molecule has 1 fully saturated rings. The van der Waals surface area contributed by atoms with Crippen LogP contribution >= 0.6 is 0 Å². The minimum absolute atomic E-state index is 0.0540. The van der Waals surface area contributed by atoms with Gasteiger partial charge in [-0.25, -0.2) is 0 Å². The van der Waals surface area contributed by atoms with Gasteiger partial charge < -0.3 is 19.3 Å². The maximum atomic E-state index is 13.1. The summed E-state index contributed by atoms with van der Waals surface area (Å²) in [7, 11) is 2.17. The summed E-state index contributed by atoms with van der Waals surface area (Å²) in [5.41, 5.74) is 3.51. The average molecular weight is 458 g/mol. The summed E-state index contributed by atoms with van der Waals surface area (Å²) in [6.07, 6.45) is 1.01. The quantitative estimate of drug-likeness (QED) is 0.493. The van der Waals surface area contributed by atoms with Gasteiger partial charge in [-0.15, -0.1) is 0 Å². The maximum Gasteiger partial charge on any atom is 0.264 e. The molecule has 0 saturated carbocycles. The lowest BCUT2D eigenvalue weighted by molar-refractivity contribution is 0.0937. The Morgan fingerprint density at radius 1 is 0.882 bits per heavy atom. The SMILES string of the molecule is CN1CCN(CCCOc2ccc(N3COc4cc(-c5ccccc5)ccc4C3=O)cc2)CC1. The molecule has 0 atom stereocenters. The normalized spacial score (nSPS) is 16.7. The lowest BCUT2D eigenvalue weighted by Crippen LogP contribution is -2.44. The number of ether oxygens (including phenoxy) is 2. The molecule has 0 N–H and O–H groups in total. The molecule has 0 aromatic heterocycles. The molecular weight excluding hydrogens is 426 g/mol. The minimum Gasteiger partial charge on any atom is -0.494 e. The second-order valence-electron chi connectivity index (χ2n) is 8.92. The number of anilines is 1. The highest BCUT2D eigenvalue weighted by Crippen LogP contribution is 2.33. The van der Waals surface area contributed by atoms with E-state index in [0.29, 0.717) is 17.9 Å². The Balaban J connectivity index is 1.16. The average Bonchev–Trinajstić information content (AvgIpc) is 2.89. The van der Waals surface area contributed by atoms with Crippen molar-refractivity contribution < 1.29 is 14.3 Å². The van der Waals surface area contributed by atoms with Gasteiger partial charge in [0.2, 0.25) is 0 Å². The first-order valence-corrected chi connectivity index (χ1v) is 12.0. The van der Waals surface area contributed by atoms with E-state index in [2.05, 4.69) is 29.0 Å². The van der Waals surface area contributed by atoms with Crippen LogP contribution in [0.15, 0.2) is 72.8 Å². The van der Waals surface area contributed by atoms with E-state index in [0.717, 1.165) is 61.7 Å². The van der Waals surface area contributed by atoms with E-state index in [1.807, 2.05) is 60.7 Å². The highest BCUT2D eigenvalue weighted by atomic mass is 16.5. The van der Waals surface area contributed by atoms with Gasteiger partial charge in [0, 0.05) is 38.4 Å². The van der Waals surface area contributed by atoms with E-state index < -0.39 is 0 Å². The largest absolute Gasteiger partial charge is 0.494 e. The third-order valence-electron chi connectivity index (χ3n) is 6.55. The zero-order valence-electron chi connectivity index (χ0n) is 19.7.